The van der Waals surface area contributed by atoms with Gasteiger partial charge in [-0.25, -0.2) is 0 Å². The third kappa shape index (κ3) is 18.1. The van der Waals surface area contributed by atoms with Crippen LogP contribution in [0, 0.1) is 63.7 Å². The second-order valence-corrected chi connectivity index (χ2v) is 4.99. The molecular weight excluding hydrogens is 300 g/mol. The maximum absolute atomic E-state index is 3.60. The number of nitrogens with zero attached hydrogens (tertiary/aromatic N) is 2. The molecule has 0 aliphatic heterocycles. The average molecular weight is 328 g/mol. The Labute approximate surface area is 144 Å². The number of rotatable bonds is 4. The smallest absolute Gasteiger partial charge is 0.308 e. The molecule has 2 aliphatic carbocycles. The molecule has 21 heavy (non-hydrogen) atoms. The molecular formula is C18H28FeN2+2. The van der Waals surface area contributed by atoms with E-state index in [9.17, 15) is 0 Å². The number of likely N-dealkylation sites (N-methyl/N-ethyl adjacent to an activating group) is 2. The topological polar surface area (TPSA) is 6.48 Å². The molecule has 2 saturated carbocycles. The van der Waals surface area contributed by atoms with Crippen LogP contribution in [-0.4, -0.2) is 51.1 Å². The molecule has 10 radical (unpaired) electrons. The van der Waals surface area contributed by atoms with Crippen LogP contribution in [0.2, 0.25) is 0 Å². The fourth-order valence-corrected chi connectivity index (χ4v) is 1.25. The Bertz CT molecular complexity index is 192. The van der Waals surface area contributed by atoms with E-state index in [0.717, 1.165) is 13.1 Å². The zero-order valence-electron chi connectivity index (χ0n) is 13.6. The number of hydrogen-bond acceptors (Lipinski definition) is 2. The van der Waals surface area contributed by atoms with Crippen molar-refractivity contribution in [2.45, 2.75) is 0 Å². The van der Waals surface area contributed by atoms with Crippen LogP contribution >= 0.6 is 0 Å². The van der Waals surface area contributed by atoms with Gasteiger partial charge in [0.05, 0.1) is 0 Å². The van der Waals surface area contributed by atoms with Gasteiger partial charge in [0.15, 0.2) is 0 Å². The molecule has 0 N–H and O–H groups in total. The standard InChI is InChI=1S/C7H7.C6H16N2.C5H5.Fe/c1-2-7-5-3-4-6-7;1-7(2)5-6-8(3)4;1-2-4-5-3-1;/h2-6H,1H2;5-6H2,1-4H3;1-5H;/q;;;+2. The molecule has 116 valence electrons. The predicted octanol–water partition coefficient (Wildman–Crippen LogP) is 2.71. The van der Waals surface area contributed by atoms with Gasteiger partial charge in [0.2, 0.25) is 0 Å². The number of allylic oxidation sites excluding steroid dienone is 1. The van der Waals surface area contributed by atoms with Gasteiger partial charge in [0, 0.05) is 19.0 Å². The van der Waals surface area contributed by atoms with Gasteiger partial charge < -0.3 is 9.80 Å². The first-order chi connectivity index (χ1) is 9.56. The first-order valence-corrected chi connectivity index (χ1v) is 6.86. The third-order valence-electron chi connectivity index (χ3n) is 2.47. The number of hydrogen-bond donors (Lipinski definition) is 0. The summed E-state index contributed by atoms with van der Waals surface area (Å²) in [6.07, 6.45) is 19.9. The van der Waals surface area contributed by atoms with Crippen LogP contribution in [0.15, 0.2) is 12.7 Å². The van der Waals surface area contributed by atoms with Gasteiger partial charge in [-0.1, -0.05) is 6.08 Å². The molecule has 0 bridgehead atoms. The van der Waals surface area contributed by atoms with Gasteiger partial charge in [-0.3, -0.25) is 0 Å². The Balaban J connectivity index is 0. The summed E-state index contributed by atoms with van der Waals surface area (Å²) in [5.41, 5.74) is 0. The molecule has 0 spiro atoms. The first-order valence-electron chi connectivity index (χ1n) is 6.86. The van der Waals surface area contributed by atoms with Crippen molar-refractivity contribution in [2.75, 3.05) is 41.3 Å². The molecule has 0 aromatic carbocycles. The minimum absolute atomic E-state index is 0. The van der Waals surface area contributed by atoms with Crippen molar-refractivity contribution in [3.63, 3.8) is 0 Å². The molecule has 0 heterocycles. The SMILES string of the molecule is C=C[C]1[CH][CH][CH][CH]1.CN(C)CCN(C)C.[CH]1[CH][CH][CH][CH]1.[Fe+2]. The van der Waals surface area contributed by atoms with E-state index in [-0.39, 0.29) is 17.1 Å². The molecule has 2 rings (SSSR count). The largest absolute Gasteiger partial charge is 2.00 e. The molecule has 0 aromatic rings. The van der Waals surface area contributed by atoms with Crippen molar-refractivity contribution in [3.8, 4) is 0 Å². The zero-order valence-corrected chi connectivity index (χ0v) is 14.7. The maximum atomic E-state index is 3.60. The van der Waals surface area contributed by atoms with Crippen molar-refractivity contribution in [1.29, 1.82) is 0 Å². The second-order valence-electron chi connectivity index (χ2n) is 4.99. The summed E-state index contributed by atoms with van der Waals surface area (Å²) in [5.74, 6) is 1.19. The van der Waals surface area contributed by atoms with Crippen molar-refractivity contribution < 1.29 is 17.1 Å². The average Bonchev–Trinajstić information content (AvgIpc) is 3.12. The molecule has 3 heteroatoms. The third-order valence-corrected chi connectivity index (χ3v) is 2.47. The van der Waals surface area contributed by atoms with E-state index in [1.165, 1.54) is 5.92 Å². The predicted molar refractivity (Wildman–Crippen MR) is 89.2 cm³/mol. The molecule has 0 aromatic heterocycles. The van der Waals surface area contributed by atoms with Crippen LogP contribution in [0.5, 0.6) is 0 Å². The summed E-state index contributed by atoms with van der Waals surface area (Å²) < 4.78 is 0. The molecule has 0 unspecified atom stereocenters. The zero-order chi connectivity index (χ0) is 15.2. The van der Waals surface area contributed by atoms with Gasteiger partial charge >= 0.3 is 17.1 Å². The van der Waals surface area contributed by atoms with Gasteiger partial charge in [0.1, 0.15) is 0 Å². The Morgan fingerprint density at radius 1 is 0.762 bits per heavy atom. The Hall–Kier alpha value is 0.179. The van der Waals surface area contributed by atoms with E-state index < -0.39 is 0 Å². The van der Waals surface area contributed by atoms with E-state index in [1.807, 2.05) is 63.9 Å². The molecule has 2 fully saturated rings. The molecule has 0 amide bonds. The monoisotopic (exact) mass is 328 g/mol. The quantitative estimate of drug-likeness (QED) is 0.732. The van der Waals surface area contributed by atoms with E-state index in [4.69, 9.17) is 0 Å². The summed E-state index contributed by atoms with van der Waals surface area (Å²) in [7, 11) is 8.35. The van der Waals surface area contributed by atoms with Crippen LogP contribution in [0.25, 0.3) is 0 Å². The molecule has 0 saturated heterocycles. The van der Waals surface area contributed by atoms with E-state index in [0.29, 0.717) is 0 Å². The molecule has 2 aliphatic rings. The second kappa shape index (κ2) is 16.5. The normalized spacial score (nSPS) is 17.6. The fourth-order valence-electron chi connectivity index (χ4n) is 1.25. The van der Waals surface area contributed by atoms with Crippen molar-refractivity contribution >= 4 is 0 Å². The summed E-state index contributed by atoms with van der Waals surface area (Å²) in [6.45, 7) is 5.89. The molecule has 2 nitrogen and oxygen atoms in total. The van der Waals surface area contributed by atoms with Crippen molar-refractivity contribution in [1.82, 2.24) is 9.80 Å². The van der Waals surface area contributed by atoms with E-state index in [2.05, 4.69) is 44.6 Å². The summed E-state index contributed by atoms with van der Waals surface area (Å²) in [5, 5.41) is 0. The first kappa shape index (κ1) is 23.4. The van der Waals surface area contributed by atoms with Gasteiger partial charge in [-0.2, -0.15) is 0 Å². The maximum Gasteiger partial charge on any atom is 2.00 e. The van der Waals surface area contributed by atoms with Crippen molar-refractivity contribution in [2.24, 2.45) is 0 Å². The van der Waals surface area contributed by atoms with E-state index >= 15 is 0 Å². The Kier molecular flexibility index (Phi) is 18.5. The Morgan fingerprint density at radius 3 is 1.29 bits per heavy atom. The summed E-state index contributed by atoms with van der Waals surface area (Å²) in [4.78, 5) is 4.36. The fraction of sp³-hybridized carbons (Fsp3) is 0.333. The van der Waals surface area contributed by atoms with Gasteiger partial charge in [-0.15, -0.1) is 6.58 Å². The summed E-state index contributed by atoms with van der Waals surface area (Å²) in [6, 6.07) is 0. The van der Waals surface area contributed by atoms with Gasteiger partial charge in [0.25, 0.3) is 0 Å². The molecule has 0 atom stereocenters. The van der Waals surface area contributed by atoms with Crippen LogP contribution in [0.4, 0.5) is 0 Å². The summed E-state index contributed by atoms with van der Waals surface area (Å²) >= 11 is 0. The van der Waals surface area contributed by atoms with Crippen LogP contribution < -0.4 is 0 Å². The van der Waals surface area contributed by atoms with Gasteiger partial charge in [-0.05, 0) is 86.0 Å². The minimum Gasteiger partial charge on any atom is -0.308 e. The van der Waals surface area contributed by atoms with Crippen LogP contribution in [0.3, 0.4) is 0 Å². The van der Waals surface area contributed by atoms with Crippen LogP contribution in [0.1, 0.15) is 0 Å². The van der Waals surface area contributed by atoms with E-state index in [1.54, 1.807) is 0 Å². The Morgan fingerprint density at radius 2 is 1.10 bits per heavy atom. The minimum atomic E-state index is 0. The van der Waals surface area contributed by atoms with Crippen molar-refractivity contribution in [3.05, 3.63) is 76.4 Å². The van der Waals surface area contributed by atoms with Crippen LogP contribution in [-0.2, 0) is 17.1 Å².